The van der Waals surface area contributed by atoms with E-state index in [1.165, 1.54) is 0 Å². The van der Waals surface area contributed by atoms with Gasteiger partial charge in [0, 0.05) is 11.6 Å². The van der Waals surface area contributed by atoms with Crippen LogP contribution in [0.3, 0.4) is 0 Å². The van der Waals surface area contributed by atoms with E-state index >= 15 is 0 Å². The number of rotatable bonds is 3. The molecule has 1 aromatic carbocycles. The molecular weight excluding hydrogens is 224 g/mol. The summed E-state index contributed by atoms with van der Waals surface area (Å²) in [6.45, 7) is -3.08. The summed E-state index contributed by atoms with van der Waals surface area (Å²) in [6.07, 6.45) is 0. The third-order valence-corrected chi connectivity index (χ3v) is 1.73. The molecule has 1 nitrogen and oxygen atoms in total. The van der Waals surface area contributed by atoms with Crippen LogP contribution in [0.15, 0.2) is 12.1 Å². The first-order valence-corrected chi connectivity index (χ1v) is 4.06. The largest absolute Gasteiger partial charge is 0.435 e. The maximum absolute atomic E-state index is 12.8. The zero-order chi connectivity index (χ0) is 10.7. The summed E-state index contributed by atoms with van der Waals surface area (Å²) < 4.78 is 52.9. The van der Waals surface area contributed by atoms with E-state index in [9.17, 15) is 17.6 Å². The first-order chi connectivity index (χ1) is 6.54. The molecule has 0 fully saturated rings. The summed E-state index contributed by atoms with van der Waals surface area (Å²) in [5, 5.41) is 0. The molecule has 0 aliphatic carbocycles. The van der Waals surface area contributed by atoms with Crippen LogP contribution in [0, 0.1) is 11.6 Å². The molecule has 0 saturated carbocycles. The fourth-order valence-electron chi connectivity index (χ4n) is 0.887. The van der Waals surface area contributed by atoms with E-state index in [1.54, 1.807) is 0 Å². The van der Waals surface area contributed by atoms with Crippen molar-refractivity contribution in [2.45, 2.75) is 12.5 Å². The lowest BCUT2D eigenvalue weighted by Crippen LogP contribution is -2.04. The molecule has 0 atom stereocenters. The van der Waals surface area contributed by atoms with E-state index in [4.69, 9.17) is 11.6 Å². The van der Waals surface area contributed by atoms with Crippen molar-refractivity contribution in [2.75, 3.05) is 0 Å². The Morgan fingerprint density at radius 3 is 2.43 bits per heavy atom. The van der Waals surface area contributed by atoms with E-state index in [-0.39, 0.29) is 11.4 Å². The molecule has 0 bridgehead atoms. The summed E-state index contributed by atoms with van der Waals surface area (Å²) in [4.78, 5) is 0. The zero-order valence-electron chi connectivity index (χ0n) is 6.74. The Hall–Kier alpha value is -0.970. The molecule has 0 radical (unpaired) electrons. The van der Waals surface area contributed by atoms with Crippen LogP contribution >= 0.6 is 11.6 Å². The molecular formula is C8H5ClF4O. The monoisotopic (exact) mass is 228 g/mol. The van der Waals surface area contributed by atoms with Crippen LogP contribution in [0.4, 0.5) is 17.6 Å². The topological polar surface area (TPSA) is 9.23 Å². The van der Waals surface area contributed by atoms with Gasteiger partial charge in [-0.05, 0) is 6.07 Å². The maximum atomic E-state index is 12.8. The molecule has 0 spiro atoms. The molecule has 0 amide bonds. The smallest absolute Gasteiger partial charge is 0.387 e. The molecule has 1 rings (SSSR count). The van der Waals surface area contributed by atoms with Crippen molar-refractivity contribution in [3.8, 4) is 5.75 Å². The van der Waals surface area contributed by atoms with Gasteiger partial charge in [0.1, 0.15) is 5.75 Å². The fourth-order valence-corrected chi connectivity index (χ4v) is 1.08. The standard InChI is InChI=1S/C8H5ClF4O/c9-3-4-1-5(14-8(12)13)2-6(10)7(4)11/h1-2,8H,3H2. The Labute approximate surface area is 82.2 Å². The highest BCUT2D eigenvalue weighted by molar-refractivity contribution is 6.17. The average Bonchev–Trinajstić information content (AvgIpc) is 2.10. The van der Waals surface area contributed by atoms with Gasteiger partial charge >= 0.3 is 6.61 Å². The summed E-state index contributed by atoms with van der Waals surface area (Å²) >= 11 is 5.26. The fraction of sp³-hybridized carbons (Fsp3) is 0.250. The molecule has 0 saturated heterocycles. The Morgan fingerprint density at radius 1 is 1.29 bits per heavy atom. The molecule has 78 valence electrons. The number of alkyl halides is 3. The van der Waals surface area contributed by atoms with Gasteiger partial charge in [0.25, 0.3) is 0 Å². The Bertz CT molecular complexity index is 329. The first-order valence-electron chi connectivity index (χ1n) is 3.53. The highest BCUT2D eigenvalue weighted by atomic mass is 35.5. The highest BCUT2D eigenvalue weighted by Crippen LogP contribution is 2.23. The first kappa shape index (κ1) is 11.1. The van der Waals surface area contributed by atoms with Gasteiger partial charge in [0.2, 0.25) is 0 Å². The van der Waals surface area contributed by atoms with E-state index in [1.807, 2.05) is 0 Å². The van der Waals surface area contributed by atoms with E-state index in [2.05, 4.69) is 4.74 Å². The molecule has 0 N–H and O–H groups in total. The summed E-state index contributed by atoms with van der Waals surface area (Å²) in [7, 11) is 0. The van der Waals surface area contributed by atoms with Crippen molar-refractivity contribution in [1.82, 2.24) is 0 Å². The Morgan fingerprint density at radius 2 is 1.93 bits per heavy atom. The van der Waals surface area contributed by atoms with Gasteiger partial charge in [-0.2, -0.15) is 8.78 Å². The van der Waals surface area contributed by atoms with Gasteiger partial charge in [0.15, 0.2) is 11.6 Å². The lowest BCUT2D eigenvalue weighted by molar-refractivity contribution is -0.0501. The van der Waals surface area contributed by atoms with E-state index in [0.717, 1.165) is 6.07 Å². The number of benzene rings is 1. The van der Waals surface area contributed by atoms with Crippen LogP contribution in [0.25, 0.3) is 0 Å². The molecule has 6 heteroatoms. The molecule has 0 unspecified atom stereocenters. The minimum absolute atomic E-state index is 0.220. The second kappa shape index (κ2) is 4.50. The van der Waals surface area contributed by atoms with Crippen LogP contribution in [-0.2, 0) is 5.88 Å². The summed E-state index contributed by atoms with van der Waals surface area (Å²) in [5.74, 6) is -3.18. The van der Waals surface area contributed by atoms with Gasteiger partial charge in [-0.1, -0.05) is 0 Å². The Kier molecular flexibility index (Phi) is 3.57. The van der Waals surface area contributed by atoms with Crippen LogP contribution in [0.1, 0.15) is 5.56 Å². The number of ether oxygens (including phenoxy) is 1. The van der Waals surface area contributed by atoms with Crippen LogP contribution in [0.2, 0.25) is 0 Å². The third kappa shape index (κ3) is 2.51. The minimum atomic E-state index is -3.08. The lowest BCUT2D eigenvalue weighted by atomic mass is 10.2. The summed E-state index contributed by atoms with van der Waals surface area (Å²) in [6, 6.07) is 1.47. The van der Waals surface area contributed by atoms with Crippen LogP contribution in [-0.4, -0.2) is 6.61 Å². The van der Waals surface area contributed by atoms with Crippen molar-refractivity contribution in [3.05, 3.63) is 29.3 Å². The molecule has 14 heavy (non-hydrogen) atoms. The van der Waals surface area contributed by atoms with Gasteiger partial charge in [0.05, 0.1) is 5.88 Å². The molecule has 0 aliphatic rings. The minimum Gasteiger partial charge on any atom is -0.435 e. The number of hydrogen-bond donors (Lipinski definition) is 0. The highest BCUT2D eigenvalue weighted by Gasteiger charge is 2.13. The predicted octanol–water partition coefficient (Wildman–Crippen LogP) is 3.31. The lowest BCUT2D eigenvalue weighted by Gasteiger charge is -2.07. The van der Waals surface area contributed by atoms with Gasteiger partial charge < -0.3 is 4.74 Å². The van der Waals surface area contributed by atoms with Gasteiger partial charge in [-0.15, -0.1) is 11.6 Å². The van der Waals surface area contributed by atoms with Crippen LogP contribution < -0.4 is 4.74 Å². The second-order valence-electron chi connectivity index (χ2n) is 2.39. The second-order valence-corrected chi connectivity index (χ2v) is 2.66. The zero-order valence-corrected chi connectivity index (χ0v) is 7.49. The number of hydrogen-bond acceptors (Lipinski definition) is 1. The van der Waals surface area contributed by atoms with E-state index in [0.29, 0.717) is 6.07 Å². The molecule has 0 aliphatic heterocycles. The SMILES string of the molecule is Fc1cc(OC(F)F)cc(CCl)c1F. The quantitative estimate of drug-likeness (QED) is 0.570. The van der Waals surface area contributed by atoms with Gasteiger partial charge in [-0.25, -0.2) is 8.78 Å². The van der Waals surface area contributed by atoms with Crippen molar-refractivity contribution in [2.24, 2.45) is 0 Å². The Balaban J connectivity index is 3.03. The molecule has 0 heterocycles. The summed E-state index contributed by atoms with van der Waals surface area (Å²) in [5.41, 5.74) is -0.220. The number of halogens is 5. The van der Waals surface area contributed by atoms with Crippen molar-refractivity contribution in [1.29, 1.82) is 0 Å². The van der Waals surface area contributed by atoms with E-state index < -0.39 is 24.0 Å². The van der Waals surface area contributed by atoms with Crippen molar-refractivity contribution >= 4 is 11.6 Å². The predicted molar refractivity (Wildman–Crippen MR) is 42.5 cm³/mol. The van der Waals surface area contributed by atoms with Gasteiger partial charge in [-0.3, -0.25) is 0 Å². The van der Waals surface area contributed by atoms with Crippen LogP contribution in [0.5, 0.6) is 5.75 Å². The van der Waals surface area contributed by atoms with Crippen molar-refractivity contribution in [3.63, 3.8) is 0 Å². The van der Waals surface area contributed by atoms with Crippen molar-refractivity contribution < 1.29 is 22.3 Å². The maximum Gasteiger partial charge on any atom is 0.387 e. The third-order valence-electron chi connectivity index (χ3n) is 1.45. The molecule has 1 aromatic rings. The average molecular weight is 229 g/mol. The molecule has 0 aromatic heterocycles. The normalized spacial score (nSPS) is 10.7.